The monoisotopic (exact) mass is 274 g/mol. The molecule has 0 saturated heterocycles. The fraction of sp³-hybridized carbons (Fsp3) is 0.267. The fourth-order valence-corrected chi connectivity index (χ4v) is 1.96. The highest BCUT2D eigenvalue weighted by Gasteiger charge is 2.13. The predicted octanol–water partition coefficient (Wildman–Crippen LogP) is 2.16. The average Bonchev–Trinajstić information content (AvgIpc) is 2.53. The van der Waals surface area contributed by atoms with Crippen molar-refractivity contribution >= 4 is 0 Å². The van der Waals surface area contributed by atoms with Crippen molar-refractivity contribution in [2.75, 3.05) is 21.3 Å². The molecule has 1 unspecified atom stereocenters. The molecule has 0 saturated carbocycles. The van der Waals surface area contributed by atoms with Crippen molar-refractivity contribution in [2.24, 2.45) is 5.73 Å². The smallest absolute Gasteiger partial charge is 0.161 e. The van der Waals surface area contributed by atoms with Gasteiger partial charge in [0.1, 0.15) is 5.75 Å². The number of nitrogens with two attached hydrogens (primary N) is 1. The van der Waals surface area contributed by atoms with Crippen LogP contribution in [0.1, 0.15) is 17.2 Å². The number of pyridine rings is 1. The lowest BCUT2D eigenvalue weighted by Crippen LogP contribution is -2.12. The highest BCUT2D eigenvalue weighted by Crippen LogP contribution is 2.31. The van der Waals surface area contributed by atoms with E-state index in [1.165, 1.54) is 0 Å². The second-order valence-electron chi connectivity index (χ2n) is 4.25. The van der Waals surface area contributed by atoms with E-state index in [-0.39, 0.29) is 6.04 Å². The van der Waals surface area contributed by atoms with Gasteiger partial charge in [0.05, 0.1) is 33.6 Å². The largest absolute Gasteiger partial charge is 0.495 e. The lowest BCUT2D eigenvalue weighted by atomic mass is 10.0. The number of nitrogens with zero attached hydrogens (tertiary/aromatic N) is 1. The Kier molecular flexibility index (Phi) is 4.42. The minimum absolute atomic E-state index is 0.308. The molecule has 0 fully saturated rings. The summed E-state index contributed by atoms with van der Waals surface area (Å²) in [6.07, 6.45) is 3.37. The Bertz CT molecular complexity index is 587. The van der Waals surface area contributed by atoms with Crippen molar-refractivity contribution in [3.05, 3.63) is 47.8 Å². The summed E-state index contributed by atoms with van der Waals surface area (Å²) in [5.41, 5.74) is 8.05. The molecule has 20 heavy (non-hydrogen) atoms. The van der Waals surface area contributed by atoms with Crippen LogP contribution in [0.5, 0.6) is 17.2 Å². The molecule has 5 nitrogen and oxygen atoms in total. The van der Waals surface area contributed by atoms with Crippen molar-refractivity contribution in [2.45, 2.75) is 6.04 Å². The van der Waals surface area contributed by atoms with E-state index in [4.69, 9.17) is 19.9 Å². The Labute approximate surface area is 118 Å². The van der Waals surface area contributed by atoms with Crippen molar-refractivity contribution < 1.29 is 14.2 Å². The maximum absolute atomic E-state index is 6.26. The molecule has 1 atom stereocenters. The Hall–Kier alpha value is -2.27. The van der Waals surface area contributed by atoms with Gasteiger partial charge in [0.15, 0.2) is 11.5 Å². The van der Waals surface area contributed by atoms with Crippen molar-refractivity contribution in [1.29, 1.82) is 0 Å². The molecule has 0 spiro atoms. The molecule has 0 bridgehead atoms. The van der Waals surface area contributed by atoms with Gasteiger partial charge >= 0.3 is 0 Å². The molecule has 0 radical (unpaired) electrons. The van der Waals surface area contributed by atoms with E-state index in [1.54, 1.807) is 33.7 Å². The van der Waals surface area contributed by atoms with E-state index in [1.807, 2.05) is 24.3 Å². The van der Waals surface area contributed by atoms with Crippen LogP contribution in [0.25, 0.3) is 0 Å². The molecule has 1 aromatic carbocycles. The van der Waals surface area contributed by atoms with Gasteiger partial charge in [-0.3, -0.25) is 4.98 Å². The summed E-state index contributed by atoms with van der Waals surface area (Å²) < 4.78 is 15.7. The third-order valence-electron chi connectivity index (χ3n) is 3.10. The van der Waals surface area contributed by atoms with E-state index in [2.05, 4.69) is 4.98 Å². The third-order valence-corrected chi connectivity index (χ3v) is 3.10. The maximum atomic E-state index is 6.26. The zero-order chi connectivity index (χ0) is 14.5. The number of benzene rings is 1. The highest BCUT2D eigenvalue weighted by molar-refractivity contribution is 5.45. The normalized spacial score (nSPS) is 11.8. The second-order valence-corrected chi connectivity index (χ2v) is 4.25. The van der Waals surface area contributed by atoms with E-state index >= 15 is 0 Å². The van der Waals surface area contributed by atoms with Crippen molar-refractivity contribution in [3.63, 3.8) is 0 Å². The number of aromatic nitrogens is 1. The number of hydrogen-bond acceptors (Lipinski definition) is 5. The zero-order valence-corrected chi connectivity index (χ0v) is 11.8. The topological polar surface area (TPSA) is 66.6 Å². The summed E-state index contributed by atoms with van der Waals surface area (Å²) >= 11 is 0. The molecule has 5 heteroatoms. The molecule has 0 aliphatic carbocycles. The van der Waals surface area contributed by atoms with Gasteiger partial charge in [0.25, 0.3) is 0 Å². The zero-order valence-electron chi connectivity index (χ0n) is 11.8. The van der Waals surface area contributed by atoms with Crippen LogP contribution >= 0.6 is 0 Å². The summed E-state index contributed by atoms with van der Waals surface area (Å²) in [5, 5.41) is 0. The molecule has 2 N–H and O–H groups in total. The molecule has 0 amide bonds. The van der Waals surface area contributed by atoms with Crippen LogP contribution < -0.4 is 19.9 Å². The lowest BCUT2D eigenvalue weighted by Gasteiger charge is -2.15. The van der Waals surface area contributed by atoms with Crippen LogP contribution in [0.4, 0.5) is 0 Å². The van der Waals surface area contributed by atoms with Crippen LogP contribution in [-0.4, -0.2) is 26.3 Å². The van der Waals surface area contributed by atoms with Crippen LogP contribution in [0.15, 0.2) is 36.7 Å². The Morgan fingerprint density at radius 1 is 0.900 bits per heavy atom. The van der Waals surface area contributed by atoms with E-state index in [0.29, 0.717) is 17.2 Å². The van der Waals surface area contributed by atoms with Gasteiger partial charge in [-0.15, -0.1) is 0 Å². The Morgan fingerprint density at radius 2 is 1.65 bits per heavy atom. The fourth-order valence-electron chi connectivity index (χ4n) is 1.96. The van der Waals surface area contributed by atoms with Crippen LogP contribution in [0.2, 0.25) is 0 Å². The number of ether oxygens (including phenoxy) is 3. The first-order valence-corrected chi connectivity index (χ1v) is 6.16. The summed E-state index contributed by atoms with van der Waals surface area (Å²) in [6.45, 7) is 0. The van der Waals surface area contributed by atoms with Crippen molar-refractivity contribution in [1.82, 2.24) is 4.98 Å². The first-order valence-electron chi connectivity index (χ1n) is 6.16. The molecule has 0 aliphatic heterocycles. The van der Waals surface area contributed by atoms with Gasteiger partial charge in [0.2, 0.25) is 0 Å². The third kappa shape index (κ3) is 2.83. The van der Waals surface area contributed by atoms with Gasteiger partial charge in [0, 0.05) is 6.20 Å². The molecule has 1 aromatic heterocycles. The minimum atomic E-state index is -0.308. The SMILES string of the molecule is COc1cncc(C(N)c2ccc(OC)c(OC)c2)c1. The standard InChI is InChI=1S/C15H18N2O3/c1-18-12-6-11(8-17-9-12)15(16)10-4-5-13(19-2)14(7-10)20-3/h4-9,15H,16H2,1-3H3. The first-order chi connectivity index (χ1) is 9.69. The number of hydrogen-bond donors (Lipinski definition) is 1. The average molecular weight is 274 g/mol. The van der Waals surface area contributed by atoms with Gasteiger partial charge < -0.3 is 19.9 Å². The minimum Gasteiger partial charge on any atom is -0.495 e. The predicted molar refractivity (Wildman–Crippen MR) is 76.4 cm³/mol. The van der Waals surface area contributed by atoms with Crippen LogP contribution in [0, 0.1) is 0 Å². The quantitative estimate of drug-likeness (QED) is 0.905. The first kappa shape index (κ1) is 14.1. The maximum Gasteiger partial charge on any atom is 0.161 e. The highest BCUT2D eigenvalue weighted by atomic mass is 16.5. The van der Waals surface area contributed by atoms with E-state index in [0.717, 1.165) is 11.1 Å². The summed E-state index contributed by atoms with van der Waals surface area (Å²) in [7, 11) is 4.80. The van der Waals surface area contributed by atoms with Gasteiger partial charge in [-0.1, -0.05) is 6.07 Å². The summed E-state index contributed by atoms with van der Waals surface area (Å²) in [5.74, 6) is 2.00. The van der Waals surface area contributed by atoms with Crippen LogP contribution in [0.3, 0.4) is 0 Å². The second kappa shape index (κ2) is 6.25. The molecule has 2 rings (SSSR count). The van der Waals surface area contributed by atoms with E-state index in [9.17, 15) is 0 Å². The Morgan fingerprint density at radius 3 is 2.30 bits per heavy atom. The summed E-state index contributed by atoms with van der Waals surface area (Å²) in [4.78, 5) is 4.12. The molecule has 1 heterocycles. The number of rotatable bonds is 5. The van der Waals surface area contributed by atoms with Gasteiger partial charge in [-0.25, -0.2) is 0 Å². The van der Waals surface area contributed by atoms with E-state index < -0.39 is 0 Å². The molecular formula is C15H18N2O3. The molecule has 106 valence electrons. The van der Waals surface area contributed by atoms with Crippen LogP contribution in [-0.2, 0) is 0 Å². The molecule has 2 aromatic rings. The molecule has 0 aliphatic rings. The van der Waals surface area contributed by atoms with Crippen molar-refractivity contribution in [3.8, 4) is 17.2 Å². The number of methoxy groups -OCH3 is 3. The lowest BCUT2D eigenvalue weighted by molar-refractivity contribution is 0.354. The van der Waals surface area contributed by atoms with Gasteiger partial charge in [-0.05, 0) is 29.3 Å². The summed E-state index contributed by atoms with van der Waals surface area (Å²) in [6, 6.07) is 7.17. The Balaban J connectivity index is 2.34. The van der Waals surface area contributed by atoms with Gasteiger partial charge in [-0.2, -0.15) is 0 Å². The molecular weight excluding hydrogens is 256 g/mol.